The molecule has 1 aromatic carbocycles. The van der Waals surface area contributed by atoms with E-state index in [-0.39, 0.29) is 17.7 Å². The first kappa shape index (κ1) is 19.0. The molecular weight excluding hydrogens is 348 g/mol. The maximum Gasteiger partial charge on any atom is 0.326 e. The van der Waals surface area contributed by atoms with Gasteiger partial charge in [0.25, 0.3) is 5.91 Å². The summed E-state index contributed by atoms with van der Waals surface area (Å²) in [5.41, 5.74) is 0.475. The Kier molecular flexibility index (Phi) is 5.89. The Balaban J connectivity index is 2.02. The SMILES string of the molecule is CC(C)N1C(=O)c2cc(OCCCCCC(=O)O)ccc2NS1(=O)=O. The van der Waals surface area contributed by atoms with Gasteiger partial charge in [0.05, 0.1) is 17.9 Å². The number of benzene rings is 1. The van der Waals surface area contributed by atoms with Crippen LogP contribution in [-0.2, 0) is 15.0 Å². The fourth-order valence-electron chi connectivity index (χ4n) is 2.55. The average Bonchev–Trinajstić information content (AvgIpc) is 2.49. The minimum absolute atomic E-state index is 0.137. The Morgan fingerprint density at radius 2 is 2.00 bits per heavy atom. The van der Waals surface area contributed by atoms with E-state index in [2.05, 4.69) is 4.72 Å². The van der Waals surface area contributed by atoms with Crippen molar-refractivity contribution >= 4 is 27.8 Å². The van der Waals surface area contributed by atoms with Crippen LogP contribution < -0.4 is 9.46 Å². The van der Waals surface area contributed by atoms with Crippen LogP contribution in [0.4, 0.5) is 5.69 Å². The van der Waals surface area contributed by atoms with Gasteiger partial charge in [-0.25, -0.2) is 4.31 Å². The third-order valence-electron chi connectivity index (χ3n) is 3.69. The molecular formula is C16H22N2O6S. The van der Waals surface area contributed by atoms with Crippen molar-refractivity contribution in [2.45, 2.75) is 45.6 Å². The molecule has 1 amide bonds. The van der Waals surface area contributed by atoms with Crippen molar-refractivity contribution in [3.8, 4) is 5.75 Å². The molecule has 0 spiro atoms. The number of fused-ring (bicyclic) bond motifs is 1. The number of carbonyl (C=O) groups excluding carboxylic acids is 1. The Morgan fingerprint density at radius 3 is 2.64 bits per heavy atom. The lowest BCUT2D eigenvalue weighted by molar-refractivity contribution is -0.137. The number of nitrogens with one attached hydrogen (secondary N) is 1. The lowest BCUT2D eigenvalue weighted by atomic mass is 10.1. The van der Waals surface area contributed by atoms with E-state index in [1.807, 2.05) is 0 Å². The molecule has 1 aliphatic rings. The fraction of sp³-hybridized carbons (Fsp3) is 0.500. The number of anilines is 1. The zero-order chi connectivity index (χ0) is 18.6. The van der Waals surface area contributed by atoms with Gasteiger partial charge in [-0.2, -0.15) is 8.42 Å². The van der Waals surface area contributed by atoms with E-state index in [0.29, 0.717) is 25.2 Å². The molecule has 0 saturated carbocycles. The van der Waals surface area contributed by atoms with Crippen molar-refractivity contribution in [2.24, 2.45) is 0 Å². The molecule has 1 aromatic rings. The minimum Gasteiger partial charge on any atom is -0.494 e. The van der Waals surface area contributed by atoms with Crippen LogP contribution in [0.25, 0.3) is 0 Å². The molecule has 2 rings (SSSR count). The third-order valence-corrected chi connectivity index (χ3v) is 5.28. The zero-order valence-corrected chi connectivity index (χ0v) is 15.0. The van der Waals surface area contributed by atoms with Crippen molar-refractivity contribution in [3.63, 3.8) is 0 Å². The normalized spacial score (nSPS) is 15.6. The van der Waals surface area contributed by atoms with E-state index in [1.54, 1.807) is 19.9 Å². The minimum atomic E-state index is -3.89. The van der Waals surface area contributed by atoms with Crippen molar-refractivity contribution in [1.82, 2.24) is 4.31 Å². The summed E-state index contributed by atoms with van der Waals surface area (Å²) < 4.78 is 33.0. The molecule has 0 bridgehead atoms. The lowest BCUT2D eigenvalue weighted by Gasteiger charge is -2.31. The first-order valence-electron chi connectivity index (χ1n) is 8.07. The van der Waals surface area contributed by atoms with Gasteiger partial charge in [-0.15, -0.1) is 0 Å². The van der Waals surface area contributed by atoms with Crippen LogP contribution in [0.5, 0.6) is 5.75 Å². The van der Waals surface area contributed by atoms with E-state index in [4.69, 9.17) is 9.84 Å². The molecule has 1 heterocycles. The van der Waals surface area contributed by atoms with Crippen molar-refractivity contribution in [2.75, 3.05) is 11.3 Å². The largest absolute Gasteiger partial charge is 0.494 e. The third kappa shape index (κ3) is 4.62. The van der Waals surface area contributed by atoms with Gasteiger partial charge in [0.2, 0.25) is 0 Å². The summed E-state index contributed by atoms with van der Waals surface area (Å²) in [6.07, 6.45) is 2.16. The second-order valence-corrected chi connectivity index (χ2v) is 7.61. The molecule has 0 saturated heterocycles. The monoisotopic (exact) mass is 370 g/mol. The summed E-state index contributed by atoms with van der Waals surface area (Å²) >= 11 is 0. The van der Waals surface area contributed by atoms with Crippen molar-refractivity contribution in [3.05, 3.63) is 23.8 Å². The number of ether oxygens (including phenoxy) is 1. The molecule has 0 unspecified atom stereocenters. The summed E-state index contributed by atoms with van der Waals surface area (Å²) in [5, 5.41) is 8.57. The first-order valence-corrected chi connectivity index (χ1v) is 9.51. The second kappa shape index (κ2) is 7.73. The van der Waals surface area contributed by atoms with E-state index in [9.17, 15) is 18.0 Å². The summed E-state index contributed by atoms with van der Waals surface area (Å²) in [6, 6.07) is 4.11. The molecule has 2 N–H and O–H groups in total. The number of unbranched alkanes of at least 4 members (excludes halogenated alkanes) is 2. The highest BCUT2D eigenvalue weighted by atomic mass is 32.2. The Morgan fingerprint density at radius 1 is 1.28 bits per heavy atom. The number of nitrogens with zero attached hydrogens (tertiary/aromatic N) is 1. The van der Waals surface area contributed by atoms with Crippen LogP contribution in [-0.4, -0.2) is 42.4 Å². The van der Waals surface area contributed by atoms with Gasteiger partial charge in [-0.3, -0.25) is 14.3 Å². The van der Waals surface area contributed by atoms with Gasteiger partial charge < -0.3 is 9.84 Å². The van der Waals surface area contributed by atoms with Gasteiger partial charge in [0.15, 0.2) is 0 Å². The van der Waals surface area contributed by atoms with Crippen molar-refractivity contribution < 1.29 is 27.9 Å². The lowest BCUT2D eigenvalue weighted by Crippen LogP contribution is -2.48. The quantitative estimate of drug-likeness (QED) is 0.679. The zero-order valence-electron chi connectivity index (χ0n) is 14.2. The highest BCUT2D eigenvalue weighted by Crippen LogP contribution is 2.30. The summed E-state index contributed by atoms with van der Waals surface area (Å²) in [7, 11) is -3.89. The van der Waals surface area contributed by atoms with E-state index in [1.165, 1.54) is 12.1 Å². The predicted molar refractivity (Wildman–Crippen MR) is 91.9 cm³/mol. The highest BCUT2D eigenvalue weighted by molar-refractivity contribution is 7.91. The van der Waals surface area contributed by atoms with Gasteiger partial charge >= 0.3 is 16.2 Å². The topological polar surface area (TPSA) is 113 Å². The van der Waals surface area contributed by atoms with Gasteiger partial charge in [0, 0.05) is 12.5 Å². The number of rotatable bonds is 8. The molecule has 0 aliphatic carbocycles. The number of carbonyl (C=O) groups is 2. The maximum absolute atomic E-state index is 12.5. The smallest absolute Gasteiger partial charge is 0.326 e. The maximum atomic E-state index is 12.5. The molecule has 25 heavy (non-hydrogen) atoms. The number of carboxylic acids is 1. The summed E-state index contributed by atoms with van der Waals surface area (Å²) in [4.78, 5) is 22.9. The molecule has 0 fully saturated rings. The molecule has 0 aromatic heterocycles. The fourth-order valence-corrected chi connectivity index (χ4v) is 3.98. The van der Waals surface area contributed by atoms with Crippen LogP contribution in [0.3, 0.4) is 0 Å². The molecule has 0 radical (unpaired) electrons. The number of amides is 1. The number of hydrogen-bond donors (Lipinski definition) is 2. The van der Waals surface area contributed by atoms with Gasteiger partial charge in [-0.05, 0) is 51.3 Å². The number of carboxylic acid groups (broad SMARTS) is 1. The summed E-state index contributed by atoms with van der Waals surface area (Å²) in [5.74, 6) is -0.933. The van der Waals surface area contributed by atoms with E-state index in [0.717, 1.165) is 10.7 Å². The summed E-state index contributed by atoms with van der Waals surface area (Å²) in [6.45, 7) is 3.64. The Bertz CT molecular complexity index is 760. The standard InChI is InChI=1S/C16H22N2O6S/c1-11(2)18-16(21)13-10-12(7-8-14(13)17-25(18,22)23)24-9-5-3-4-6-15(19)20/h7-8,10-11,17H,3-6,9H2,1-2H3,(H,19,20). The van der Waals surface area contributed by atoms with Crippen LogP contribution in [0.1, 0.15) is 49.9 Å². The number of aliphatic carboxylic acids is 1. The highest BCUT2D eigenvalue weighted by Gasteiger charge is 2.37. The van der Waals surface area contributed by atoms with Crippen LogP contribution in [0.2, 0.25) is 0 Å². The number of hydrogen-bond acceptors (Lipinski definition) is 5. The molecule has 8 nitrogen and oxygen atoms in total. The van der Waals surface area contributed by atoms with E-state index >= 15 is 0 Å². The molecule has 0 atom stereocenters. The Labute approximate surface area is 147 Å². The van der Waals surface area contributed by atoms with Crippen LogP contribution >= 0.6 is 0 Å². The van der Waals surface area contributed by atoms with Crippen LogP contribution in [0, 0.1) is 0 Å². The van der Waals surface area contributed by atoms with Crippen molar-refractivity contribution in [1.29, 1.82) is 0 Å². The second-order valence-electron chi connectivity index (χ2n) is 6.06. The van der Waals surface area contributed by atoms with Gasteiger partial charge in [0.1, 0.15) is 5.75 Å². The molecule has 9 heteroatoms. The predicted octanol–water partition coefficient (Wildman–Crippen LogP) is 2.23. The average molecular weight is 370 g/mol. The molecule has 138 valence electrons. The molecule has 1 aliphatic heterocycles. The van der Waals surface area contributed by atoms with E-state index < -0.39 is 28.1 Å². The first-order chi connectivity index (χ1) is 11.7. The van der Waals surface area contributed by atoms with Gasteiger partial charge in [-0.1, -0.05) is 0 Å². The Hall–Kier alpha value is -2.29. The van der Waals surface area contributed by atoms with Crippen LogP contribution in [0.15, 0.2) is 18.2 Å².